The third-order valence-corrected chi connectivity index (χ3v) is 3.02. The highest BCUT2D eigenvalue weighted by atomic mass is 19.4. The number of methoxy groups -OCH3 is 1. The highest BCUT2D eigenvalue weighted by Gasteiger charge is 2.39. The second-order valence-electron chi connectivity index (χ2n) is 4.24. The molecule has 1 atom stereocenters. The molecule has 0 fully saturated rings. The van der Waals surface area contributed by atoms with E-state index in [1.54, 1.807) is 37.4 Å². The maximum absolute atomic E-state index is 12.8. The van der Waals surface area contributed by atoms with Crippen molar-refractivity contribution < 1.29 is 17.9 Å². The molecule has 1 N–H and O–H groups in total. The lowest BCUT2D eigenvalue weighted by Crippen LogP contribution is -2.31. The van der Waals surface area contributed by atoms with Crippen molar-refractivity contribution in [2.24, 2.45) is 0 Å². The first-order valence-corrected chi connectivity index (χ1v) is 5.77. The van der Waals surface area contributed by atoms with Crippen LogP contribution in [0.2, 0.25) is 0 Å². The summed E-state index contributed by atoms with van der Waals surface area (Å²) in [5.74, 6) is 0.682. The Morgan fingerprint density at radius 1 is 1.05 bits per heavy atom. The SMILES string of the molecule is CNC(c1ccc2cc(OC)ccc2c1)C(F)(F)F. The second-order valence-corrected chi connectivity index (χ2v) is 4.24. The Hall–Kier alpha value is -1.75. The smallest absolute Gasteiger partial charge is 0.407 e. The molecule has 0 aliphatic heterocycles. The van der Waals surface area contributed by atoms with Crippen LogP contribution >= 0.6 is 0 Å². The zero-order valence-corrected chi connectivity index (χ0v) is 10.6. The largest absolute Gasteiger partial charge is 0.497 e. The summed E-state index contributed by atoms with van der Waals surface area (Å²) in [6, 6.07) is 8.32. The van der Waals surface area contributed by atoms with Gasteiger partial charge in [-0.2, -0.15) is 13.2 Å². The first kappa shape index (κ1) is 13.7. The third kappa shape index (κ3) is 2.81. The molecule has 2 aromatic carbocycles. The van der Waals surface area contributed by atoms with Gasteiger partial charge in [0, 0.05) is 0 Å². The molecule has 2 rings (SSSR count). The predicted molar refractivity (Wildman–Crippen MR) is 68.4 cm³/mol. The zero-order chi connectivity index (χ0) is 14.0. The number of benzene rings is 2. The summed E-state index contributed by atoms with van der Waals surface area (Å²) in [7, 11) is 2.85. The van der Waals surface area contributed by atoms with E-state index in [0.717, 1.165) is 10.8 Å². The second kappa shape index (κ2) is 5.09. The molecule has 0 aliphatic rings. The molecule has 0 saturated heterocycles. The normalized spacial score (nSPS) is 13.5. The number of halogens is 3. The molecular weight excluding hydrogens is 255 g/mol. The Balaban J connectivity index is 2.46. The quantitative estimate of drug-likeness (QED) is 0.918. The van der Waals surface area contributed by atoms with Crippen molar-refractivity contribution in [2.75, 3.05) is 14.2 Å². The molecule has 19 heavy (non-hydrogen) atoms. The van der Waals surface area contributed by atoms with Crippen molar-refractivity contribution in [1.82, 2.24) is 5.32 Å². The molecule has 0 aromatic heterocycles. The van der Waals surface area contributed by atoms with Crippen molar-refractivity contribution in [3.63, 3.8) is 0 Å². The van der Waals surface area contributed by atoms with Crippen LogP contribution in [0, 0.1) is 0 Å². The van der Waals surface area contributed by atoms with Crippen LogP contribution < -0.4 is 10.1 Å². The lowest BCUT2D eigenvalue weighted by Gasteiger charge is -2.20. The molecule has 0 heterocycles. The number of alkyl halides is 3. The van der Waals surface area contributed by atoms with Gasteiger partial charge < -0.3 is 10.1 Å². The number of hydrogen-bond donors (Lipinski definition) is 1. The number of ether oxygens (including phenoxy) is 1. The number of rotatable bonds is 3. The molecule has 0 bridgehead atoms. The van der Waals surface area contributed by atoms with E-state index in [9.17, 15) is 13.2 Å². The fourth-order valence-corrected chi connectivity index (χ4v) is 2.07. The summed E-state index contributed by atoms with van der Waals surface area (Å²) in [6.45, 7) is 0. The summed E-state index contributed by atoms with van der Waals surface area (Å²) >= 11 is 0. The summed E-state index contributed by atoms with van der Waals surface area (Å²) in [4.78, 5) is 0. The van der Waals surface area contributed by atoms with Gasteiger partial charge in [0.05, 0.1) is 7.11 Å². The van der Waals surface area contributed by atoms with E-state index in [2.05, 4.69) is 5.32 Å². The third-order valence-electron chi connectivity index (χ3n) is 3.02. The fourth-order valence-electron chi connectivity index (χ4n) is 2.07. The topological polar surface area (TPSA) is 21.3 Å². The Morgan fingerprint density at radius 3 is 2.26 bits per heavy atom. The van der Waals surface area contributed by atoms with Gasteiger partial charge in [-0.25, -0.2) is 0 Å². The van der Waals surface area contributed by atoms with Gasteiger partial charge >= 0.3 is 6.18 Å². The number of hydrogen-bond acceptors (Lipinski definition) is 2. The van der Waals surface area contributed by atoms with Gasteiger partial charge in [0.2, 0.25) is 0 Å². The molecule has 0 amide bonds. The maximum atomic E-state index is 12.8. The van der Waals surface area contributed by atoms with Gasteiger partial charge in [0.1, 0.15) is 11.8 Å². The van der Waals surface area contributed by atoms with E-state index >= 15 is 0 Å². The zero-order valence-electron chi connectivity index (χ0n) is 10.6. The minimum Gasteiger partial charge on any atom is -0.497 e. The van der Waals surface area contributed by atoms with Gasteiger partial charge in [-0.15, -0.1) is 0 Å². The molecule has 2 nitrogen and oxygen atoms in total. The van der Waals surface area contributed by atoms with Gasteiger partial charge in [0.25, 0.3) is 0 Å². The molecule has 0 aliphatic carbocycles. The first-order chi connectivity index (χ1) is 8.95. The van der Waals surface area contributed by atoms with Crippen LogP contribution in [0.3, 0.4) is 0 Å². The summed E-state index contributed by atoms with van der Waals surface area (Å²) in [5.41, 5.74) is 0.202. The summed E-state index contributed by atoms with van der Waals surface area (Å²) in [5, 5.41) is 3.90. The first-order valence-electron chi connectivity index (χ1n) is 5.77. The average Bonchev–Trinajstić information content (AvgIpc) is 2.37. The fraction of sp³-hybridized carbons (Fsp3) is 0.286. The van der Waals surface area contributed by atoms with Crippen LogP contribution in [0.4, 0.5) is 13.2 Å². The molecule has 0 spiro atoms. The Morgan fingerprint density at radius 2 is 1.68 bits per heavy atom. The van der Waals surface area contributed by atoms with E-state index in [-0.39, 0.29) is 5.56 Å². The van der Waals surface area contributed by atoms with Gasteiger partial charge in [-0.3, -0.25) is 0 Å². The Kier molecular flexibility index (Phi) is 3.66. The molecule has 0 radical (unpaired) electrons. The van der Waals surface area contributed by atoms with E-state index in [0.29, 0.717) is 5.75 Å². The maximum Gasteiger partial charge on any atom is 0.407 e. The number of nitrogens with one attached hydrogen (secondary N) is 1. The Labute approximate surface area is 109 Å². The Bertz CT molecular complexity index is 580. The van der Waals surface area contributed by atoms with Crippen molar-refractivity contribution in [1.29, 1.82) is 0 Å². The average molecular weight is 269 g/mol. The highest BCUT2D eigenvalue weighted by Crippen LogP contribution is 2.34. The van der Waals surface area contributed by atoms with E-state index in [1.807, 2.05) is 0 Å². The van der Waals surface area contributed by atoms with Crippen LogP contribution in [-0.2, 0) is 0 Å². The molecular formula is C14H14F3NO. The minimum atomic E-state index is -4.31. The lowest BCUT2D eigenvalue weighted by molar-refractivity contribution is -0.156. The van der Waals surface area contributed by atoms with Crippen molar-refractivity contribution in [3.05, 3.63) is 42.0 Å². The van der Waals surface area contributed by atoms with Gasteiger partial charge in [0.15, 0.2) is 0 Å². The van der Waals surface area contributed by atoms with E-state index in [1.165, 1.54) is 13.1 Å². The van der Waals surface area contributed by atoms with Crippen molar-refractivity contribution in [3.8, 4) is 5.75 Å². The molecule has 1 unspecified atom stereocenters. The predicted octanol–water partition coefficient (Wildman–Crippen LogP) is 3.67. The lowest BCUT2D eigenvalue weighted by atomic mass is 10.0. The number of fused-ring (bicyclic) bond motifs is 1. The van der Waals surface area contributed by atoms with Crippen LogP contribution in [0.5, 0.6) is 5.75 Å². The highest BCUT2D eigenvalue weighted by molar-refractivity contribution is 5.84. The molecule has 2 aromatic rings. The molecule has 5 heteroatoms. The minimum absolute atomic E-state index is 0.202. The van der Waals surface area contributed by atoms with Crippen LogP contribution in [0.25, 0.3) is 10.8 Å². The van der Waals surface area contributed by atoms with Crippen LogP contribution in [0.1, 0.15) is 11.6 Å². The van der Waals surface area contributed by atoms with Crippen LogP contribution in [-0.4, -0.2) is 20.3 Å². The van der Waals surface area contributed by atoms with Gasteiger partial charge in [-0.05, 0) is 41.6 Å². The van der Waals surface area contributed by atoms with Crippen LogP contribution in [0.15, 0.2) is 36.4 Å². The van der Waals surface area contributed by atoms with Crippen molar-refractivity contribution in [2.45, 2.75) is 12.2 Å². The summed E-state index contributed by atoms with van der Waals surface area (Å²) < 4.78 is 43.6. The summed E-state index contributed by atoms with van der Waals surface area (Å²) in [6.07, 6.45) is -4.31. The van der Waals surface area contributed by atoms with E-state index in [4.69, 9.17) is 4.74 Å². The van der Waals surface area contributed by atoms with Crippen molar-refractivity contribution >= 4 is 10.8 Å². The monoisotopic (exact) mass is 269 g/mol. The van der Waals surface area contributed by atoms with E-state index < -0.39 is 12.2 Å². The molecule has 102 valence electrons. The standard InChI is InChI=1S/C14H14F3NO/c1-18-13(14(15,16)17)11-4-3-10-8-12(19-2)6-5-9(10)7-11/h3-8,13,18H,1-2H3. The molecule has 0 saturated carbocycles. The van der Waals surface area contributed by atoms with Gasteiger partial charge in [-0.1, -0.05) is 18.2 Å².